The van der Waals surface area contributed by atoms with Crippen molar-refractivity contribution >= 4 is 57.0 Å². The number of benzene rings is 3. The molecular formula is C23H17NO3S2. The van der Waals surface area contributed by atoms with Gasteiger partial charge in [-0.1, -0.05) is 96.8 Å². The first kappa shape index (κ1) is 19.4. The van der Waals surface area contributed by atoms with Gasteiger partial charge in [-0.05, 0) is 28.0 Å². The lowest BCUT2D eigenvalue weighted by Gasteiger charge is -2.23. The summed E-state index contributed by atoms with van der Waals surface area (Å²) >= 11 is 6.53. The van der Waals surface area contributed by atoms with Crippen LogP contribution in [0.4, 0.5) is 0 Å². The fourth-order valence-electron chi connectivity index (χ4n) is 3.39. The van der Waals surface area contributed by atoms with E-state index in [1.54, 1.807) is 6.08 Å². The number of carboxylic acid groups (broad SMARTS) is 1. The van der Waals surface area contributed by atoms with E-state index < -0.39 is 12.0 Å². The van der Waals surface area contributed by atoms with Gasteiger partial charge in [0.1, 0.15) is 10.4 Å². The van der Waals surface area contributed by atoms with Crippen LogP contribution >= 0.6 is 24.0 Å². The lowest BCUT2D eigenvalue weighted by atomic mass is 10.0. The van der Waals surface area contributed by atoms with Crippen molar-refractivity contribution < 1.29 is 14.7 Å². The Balaban J connectivity index is 1.67. The summed E-state index contributed by atoms with van der Waals surface area (Å²) < 4.78 is 0.268. The molecule has 3 aromatic rings. The molecule has 1 aliphatic heterocycles. The normalized spacial score (nSPS) is 16.6. The van der Waals surface area contributed by atoms with Crippen molar-refractivity contribution in [1.29, 1.82) is 0 Å². The third kappa shape index (κ3) is 3.95. The van der Waals surface area contributed by atoms with E-state index in [1.807, 2.05) is 72.8 Å². The van der Waals surface area contributed by atoms with E-state index in [0.717, 1.165) is 33.7 Å². The number of rotatable bonds is 5. The second-order valence-electron chi connectivity index (χ2n) is 6.66. The average Bonchev–Trinajstić information content (AvgIpc) is 3.00. The zero-order valence-corrected chi connectivity index (χ0v) is 17.0. The lowest BCUT2D eigenvalue weighted by molar-refractivity contribution is -0.145. The first-order valence-electron chi connectivity index (χ1n) is 9.06. The van der Waals surface area contributed by atoms with E-state index in [2.05, 4.69) is 0 Å². The summed E-state index contributed by atoms with van der Waals surface area (Å²) in [6.45, 7) is 0. The molecule has 0 aliphatic carbocycles. The fraction of sp³-hybridized carbons (Fsp3) is 0.0870. The Labute approximate surface area is 177 Å². The molecule has 0 aromatic heterocycles. The first-order valence-corrected chi connectivity index (χ1v) is 10.3. The van der Waals surface area contributed by atoms with Gasteiger partial charge in [-0.2, -0.15) is 0 Å². The topological polar surface area (TPSA) is 57.6 Å². The summed E-state index contributed by atoms with van der Waals surface area (Å²) in [6, 6.07) is 22.0. The quantitative estimate of drug-likeness (QED) is 0.478. The Morgan fingerprint density at radius 2 is 1.72 bits per heavy atom. The van der Waals surface area contributed by atoms with Crippen molar-refractivity contribution in [3.05, 3.63) is 88.8 Å². The largest absolute Gasteiger partial charge is 0.480 e. The third-order valence-corrected chi connectivity index (χ3v) is 6.13. The molecular weight excluding hydrogens is 402 g/mol. The van der Waals surface area contributed by atoms with Crippen molar-refractivity contribution in [3.63, 3.8) is 0 Å². The molecule has 144 valence electrons. The zero-order chi connectivity index (χ0) is 20.4. The van der Waals surface area contributed by atoms with Gasteiger partial charge in [0, 0.05) is 6.42 Å². The van der Waals surface area contributed by atoms with Crippen molar-refractivity contribution in [2.75, 3.05) is 0 Å². The van der Waals surface area contributed by atoms with Gasteiger partial charge in [-0.15, -0.1) is 0 Å². The fourth-order valence-corrected chi connectivity index (χ4v) is 4.74. The standard InChI is InChI=1S/C23H17NO3S2/c25-21-20(14-17-11-6-10-16-9-4-5-12-18(16)17)29-23(28)24(21)19(22(26)27)13-15-7-2-1-3-8-15/h1-12,14,19H,13H2,(H,26,27). The van der Waals surface area contributed by atoms with E-state index in [4.69, 9.17) is 12.2 Å². The highest BCUT2D eigenvalue weighted by Crippen LogP contribution is 2.35. The Hall–Kier alpha value is -2.96. The van der Waals surface area contributed by atoms with E-state index in [1.165, 1.54) is 4.90 Å². The molecule has 29 heavy (non-hydrogen) atoms. The second kappa shape index (κ2) is 8.19. The third-order valence-electron chi connectivity index (χ3n) is 4.80. The minimum absolute atomic E-state index is 0.199. The number of aliphatic carboxylic acids is 1. The lowest BCUT2D eigenvalue weighted by Crippen LogP contribution is -2.45. The summed E-state index contributed by atoms with van der Waals surface area (Å²) in [5.41, 5.74) is 1.74. The summed E-state index contributed by atoms with van der Waals surface area (Å²) in [5.74, 6) is -1.44. The second-order valence-corrected chi connectivity index (χ2v) is 8.34. The number of nitrogens with zero attached hydrogens (tertiary/aromatic N) is 1. The van der Waals surface area contributed by atoms with Gasteiger partial charge >= 0.3 is 5.97 Å². The van der Waals surface area contributed by atoms with Gasteiger partial charge in [-0.3, -0.25) is 9.69 Å². The molecule has 3 aromatic carbocycles. The Morgan fingerprint density at radius 3 is 2.48 bits per heavy atom. The maximum atomic E-state index is 13.1. The average molecular weight is 420 g/mol. The summed E-state index contributed by atoms with van der Waals surface area (Å²) in [4.78, 5) is 26.7. The first-order chi connectivity index (χ1) is 14.0. The number of carbonyl (C=O) groups excluding carboxylic acids is 1. The van der Waals surface area contributed by atoms with Crippen LogP contribution in [0, 0.1) is 0 Å². The Morgan fingerprint density at radius 1 is 1.03 bits per heavy atom. The van der Waals surface area contributed by atoms with Crippen LogP contribution in [-0.2, 0) is 16.0 Å². The molecule has 0 radical (unpaired) electrons. The van der Waals surface area contributed by atoms with E-state index in [9.17, 15) is 14.7 Å². The maximum Gasteiger partial charge on any atom is 0.327 e. The minimum Gasteiger partial charge on any atom is -0.480 e. The predicted molar refractivity (Wildman–Crippen MR) is 121 cm³/mol. The van der Waals surface area contributed by atoms with Crippen molar-refractivity contribution in [2.45, 2.75) is 12.5 Å². The molecule has 1 heterocycles. The van der Waals surface area contributed by atoms with E-state index in [0.29, 0.717) is 4.91 Å². The molecule has 1 atom stereocenters. The SMILES string of the molecule is O=C(O)C(Cc1ccccc1)N1C(=O)C(=Cc2cccc3ccccc23)SC1=S. The minimum atomic E-state index is -1.07. The van der Waals surface area contributed by atoms with Crippen LogP contribution in [0.5, 0.6) is 0 Å². The van der Waals surface area contributed by atoms with Gasteiger partial charge in [0.25, 0.3) is 5.91 Å². The van der Waals surface area contributed by atoms with Crippen LogP contribution in [0.2, 0.25) is 0 Å². The van der Waals surface area contributed by atoms with Gasteiger partial charge in [-0.25, -0.2) is 4.79 Å². The van der Waals surface area contributed by atoms with Gasteiger partial charge in [0.15, 0.2) is 0 Å². The van der Waals surface area contributed by atoms with Crippen LogP contribution in [0.25, 0.3) is 16.8 Å². The highest BCUT2D eigenvalue weighted by molar-refractivity contribution is 8.26. The smallest absolute Gasteiger partial charge is 0.327 e. The molecule has 0 bridgehead atoms. The number of thiocarbonyl (C=S) groups is 1. The molecule has 4 nitrogen and oxygen atoms in total. The van der Waals surface area contributed by atoms with Gasteiger partial charge in [0.05, 0.1) is 4.91 Å². The van der Waals surface area contributed by atoms with Gasteiger partial charge in [0.2, 0.25) is 0 Å². The number of amides is 1. The molecule has 1 aliphatic rings. The molecule has 1 unspecified atom stereocenters. The highest BCUT2D eigenvalue weighted by atomic mass is 32.2. The maximum absolute atomic E-state index is 13.1. The molecule has 0 saturated carbocycles. The number of carboxylic acids is 1. The molecule has 4 rings (SSSR count). The van der Waals surface area contributed by atoms with Crippen molar-refractivity contribution in [2.24, 2.45) is 0 Å². The van der Waals surface area contributed by atoms with Crippen molar-refractivity contribution in [3.8, 4) is 0 Å². The van der Waals surface area contributed by atoms with Crippen LogP contribution < -0.4 is 0 Å². The summed E-state index contributed by atoms with van der Waals surface area (Å²) in [6.07, 6.45) is 1.99. The van der Waals surface area contributed by atoms with Crippen LogP contribution in [0.3, 0.4) is 0 Å². The van der Waals surface area contributed by atoms with Crippen molar-refractivity contribution in [1.82, 2.24) is 4.90 Å². The van der Waals surface area contributed by atoms with Crippen LogP contribution in [0.15, 0.2) is 77.7 Å². The predicted octanol–water partition coefficient (Wildman–Crippen LogP) is 4.74. The number of carbonyl (C=O) groups is 2. The highest BCUT2D eigenvalue weighted by Gasteiger charge is 2.40. The number of fused-ring (bicyclic) bond motifs is 1. The Kier molecular flexibility index (Phi) is 5.47. The van der Waals surface area contributed by atoms with E-state index in [-0.39, 0.29) is 16.6 Å². The van der Waals surface area contributed by atoms with Gasteiger partial charge < -0.3 is 5.11 Å². The molecule has 0 spiro atoms. The summed E-state index contributed by atoms with van der Waals surface area (Å²) in [5, 5.41) is 11.9. The molecule has 1 amide bonds. The Bertz CT molecular complexity index is 1140. The van der Waals surface area contributed by atoms with E-state index >= 15 is 0 Å². The molecule has 1 saturated heterocycles. The molecule has 1 fully saturated rings. The number of hydrogen-bond acceptors (Lipinski definition) is 4. The van der Waals surface area contributed by atoms with Crippen LogP contribution in [-0.4, -0.2) is 32.2 Å². The van der Waals surface area contributed by atoms with Crippen LogP contribution in [0.1, 0.15) is 11.1 Å². The molecule has 6 heteroatoms. The summed E-state index contributed by atoms with van der Waals surface area (Å²) in [7, 11) is 0. The molecule has 1 N–H and O–H groups in total. The number of hydrogen-bond donors (Lipinski definition) is 1. The zero-order valence-electron chi connectivity index (χ0n) is 15.3. The monoisotopic (exact) mass is 419 g/mol. The number of thioether (sulfide) groups is 1.